The molecule has 0 fully saturated rings. The summed E-state index contributed by atoms with van der Waals surface area (Å²) in [7, 11) is 1.34. The molecule has 0 radical (unpaired) electrons. The number of alkyl halides is 1. The monoisotopic (exact) mass is 329 g/mol. The SMILES string of the molecule is CCC(CCBr)Cc1cc(C(=O)OC)c(C)[nH]c1=O. The number of pyridine rings is 1. The Labute approximate surface area is 121 Å². The molecule has 1 unspecified atom stereocenters. The van der Waals surface area contributed by atoms with E-state index in [0.717, 1.165) is 18.2 Å². The van der Waals surface area contributed by atoms with Crippen molar-refractivity contribution < 1.29 is 9.53 Å². The lowest BCUT2D eigenvalue weighted by molar-refractivity contribution is 0.0599. The second-order valence-corrected chi connectivity index (χ2v) is 5.40. The second-order valence-electron chi connectivity index (χ2n) is 4.61. The highest BCUT2D eigenvalue weighted by molar-refractivity contribution is 9.09. The molecule has 5 heteroatoms. The van der Waals surface area contributed by atoms with E-state index < -0.39 is 5.97 Å². The molecular formula is C14H20BrNO3. The lowest BCUT2D eigenvalue weighted by Crippen LogP contribution is -2.20. The van der Waals surface area contributed by atoms with E-state index in [1.54, 1.807) is 13.0 Å². The van der Waals surface area contributed by atoms with Gasteiger partial charge in [-0.05, 0) is 31.7 Å². The van der Waals surface area contributed by atoms with E-state index in [1.165, 1.54) is 7.11 Å². The molecular weight excluding hydrogens is 310 g/mol. The Morgan fingerprint density at radius 2 is 2.21 bits per heavy atom. The molecule has 0 spiro atoms. The maximum atomic E-state index is 11.9. The summed E-state index contributed by atoms with van der Waals surface area (Å²) in [5.74, 6) is 0.0252. The van der Waals surface area contributed by atoms with Crippen molar-refractivity contribution in [2.75, 3.05) is 12.4 Å². The molecule has 1 atom stereocenters. The number of esters is 1. The van der Waals surface area contributed by atoms with Crippen LogP contribution in [0.2, 0.25) is 0 Å². The smallest absolute Gasteiger partial charge is 0.339 e. The molecule has 0 saturated heterocycles. The highest BCUT2D eigenvalue weighted by Crippen LogP contribution is 2.16. The van der Waals surface area contributed by atoms with Gasteiger partial charge in [-0.1, -0.05) is 29.3 Å². The van der Waals surface area contributed by atoms with Crippen LogP contribution in [-0.2, 0) is 11.2 Å². The summed E-state index contributed by atoms with van der Waals surface area (Å²) in [6.45, 7) is 3.81. The van der Waals surface area contributed by atoms with Gasteiger partial charge in [0.25, 0.3) is 5.56 Å². The van der Waals surface area contributed by atoms with Crippen molar-refractivity contribution in [3.8, 4) is 0 Å². The van der Waals surface area contributed by atoms with Crippen LogP contribution in [0.4, 0.5) is 0 Å². The highest BCUT2D eigenvalue weighted by atomic mass is 79.9. The maximum absolute atomic E-state index is 11.9. The largest absolute Gasteiger partial charge is 0.465 e. The van der Waals surface area contributed by atoms with Gasteiger partial charge in [-0.25, -0.2) is 4.79 Å². The van der Waals surface area contributed by atoms with E-state index in [1.807, 2.05) is 0 Å². The standard InChI is InChI=1S/C14H20BrNO3/c1-4-10(5-6-15)7-11-8-12(14(18)19-3)9(2)16-13(11)17/h8,10H,4-7H2,1-3H3,(H,16,17). The van der Waals surface area contributed by atoms with E-state index in [2.05, 4.69) is 27.8 Å². The molecule has 1 aromatic heterocycles. The number of hydrogen-bond acceptors (Lipinski definition) is 3. The first-order valence-corrected chi connectivity index (χ1v) is 7.52. The fourth-order valence-electron chi connectivity index (χ4n) is 2.06. The molecule has 0 bridgehead atoms. The summed E-state index contributed by atoms with van der Waals surface area (Å²) in [5, 5.41) is 0.916. The zero-order valence-electron chi connectivity index (χ0n) is 11.6. The molecule has 19 heavy (non-hydrogen) atoms. The molecule has 1 rings (SSSR count). The van der Waals surface area contributed by atoms with Crippen LogP contribution in [0.25, 0.3) is 0 Å². The molecule has 0 amide bonds. The molecule has 0 aliphatic heterocycles. The zero-order chi connectivity index (χ0) is 14.4. The van der Waals surface area contributed by atoms with Crippen molar-refractivity contribution in [1.29, 1.82) is 0 Å². The molecule has 0 aromatic carbocycles. The summed E-state index contributed by atoms with van der Waals surface area (Å²) in [5.41, 5.74) is 1.52. The minimum atomic E-state index is -0.413. The quantitative estimate of drug-likeness (QED) is 0.644. The molecule has 1 heterocycles. The number of ether oxygens (including phenoxy) is 1. The number of hydrogen-bond donors (Lipinski definition) is 1. The Morgan fingerprint density at radius 3 is 2.74 bits per heavy atom. The van der Waals surface area contributed by atoms with Crippen LogP contribution in [0.5, 0.6) is 0 Å². The molecule has 106 valence electrons. The Kier molecular flexibility index (Phi) is 6.28. The van der Waals surface area contributed by atoms with Crippen LogP contribution in [-0.4, -0.2) is 23.4 Å². The normalized spacial score (nSPS) is 12.2. The van der Waals surface area contributed by atoms with Gasteiger partial charge in [0.05, 0.1) is 12.7 Å². The number of methoxy groups -OCH3 is 1. The van der Waals surface area contributed by atoms with E-state index in [0.29, 0.717) is 29.2 Å². The first-order chi connectivity index (χ1) is 9.03. The second kappa shape index (κ2) is 7.48. The van der Waals surface area contributed by atoms with Crippen LogP contribution in [0.1, 0.15) is 41.4 Å². The number of carbonyl (C=O) groups is 1. The van der Waals surface area contributed by atoms with Gasteiger partial charge < -0.3 is 9.72 Å². The third-order valence-corrected chi connectivity index (χ3v) is 3.78. The number of carbonyl (C=O) groups excluding carboxylic acids is 1. The predicted molar refractivity (Wildman–Crippen MR) is 79.0 cm³/mol. The molecule has 4 nitrogen and oxygen atoms in total. The van der Waals surface area contributed by atoms with Crippen LogP contribution in [0.3, 0.4) is 0 Å². The third-order valence-electron chi connectivity index (χ3n) is 3.32. The van der Waals surface area contributed by atoms with Crippen LogP contribution in [0, 0.1) is 12.8 Å². The predicted octanol–water partition coefficient (Wildman–Crippen LogP) is 2.82. The topological polar surface area (TPSA) is 59.2 Å². The van der Waals surface area contributed by atoms with Gasteiger partial charge in [0.15, 0.2) is 0 Å². The summed E-state index contributed by atoms with van der Waals surface area (Å²) >= 11 is 3.42. The van der Waals surface area contributed by atoms with Gasteiger partial charge in [-0.15, -0.1) is 0 Å². The zero-order valence-corrected chi connectivity index (χ0v) is 13.2. The third kappa shape index (κ3) is 4.20. The maximum Gasteiger partial charge on any atom is 0.339 e. The molecule has 1 aromatic rings. The Balaban J connectivity index is 3.07. The van der Waals surface area contributed by atoms with E-state index in [-0.39, 0.29) is 5.56 Å². The Morgan fingerprint density at radius 1 is 1.53 bits per heavy atom. The van der Waals surface area contributed by atoms with Gasteiger partial charge in [-0.2, -0.15) is 0 Å². The van der Waals surface area contributed by atoms with E-state index in [4.69, 9.17) is 4.74 Å². The van der Waals surface area contributed by atoms with Crippen molar-refractivity contribution in [3.05, 3.63) is 33.2 Å². The van der Waals surface area contributed by atoms with Crippen molar-refractivity contribution >= 4 is 21.9 Å². The fraction of sp³-hybridized carbons (Fsp3) is 0.571. The number of aromatic nitrogens is 1. The number of aromatic amines is 1. The van der Waals surface area contributed by atoms with Crippen molar-refractivity contribution in [1.82, 2.24) is 4.98 Å². The molecule has 0 aliphatic carbocycles. The van der Waals surface area contributed by atoms with Gasteiger partial charge in [0, 0.05) is 16.6 Å². The highest BCUT2D eigenvalue weighted by Gasteiger charge is 2.15. The summed E-state index contributed by atoms with van der Waals surface area (Å²) in [6.07, 6.45) is 2.70. The van der Waals surface area contributed by atoms with Crippen molar-refractivity contribution in [2.45, 2.75) is 33.1 Å². The first-order valence-electron chi connectivity index (χ1n) is 6.40. The lowest BCUT2D eigenvalue weighted by atomic mass is 9.94. The van der Waals surface area contributed by atoms with Crippen LogP contribution < -0.4 is 5.56 Å². The van der Waals surface area contributed by atoms with E-state index >= 15 is 0 Å². The number of aryl methyl sites for hydroxylation is 1. The number of nitrogens with one attached hydrogen (secondary N) is 1. The van der Waals surface area contributed by atoms with Gasteiger partial charge in [0.2, 0.25) is 0 Å². The molecule has 1 N–H and O–H groups in total. The van der Waals surface area contributed by atoms with Crippen molar-refractivity contribution in [3.63, 3.8) is 0 Å². The van der Waals surface area contributed by atoms with Gasteiger partial charge in [0.1, 0.15) is 0 Å². The van der Waals surface area contributed by atoms with Crippen molar-refractivity contribution in [2.24, 2.45) is 5.92 Å². The number of H-pyrrole nitrogens is 1. The fourth-order valence-corrected chi connectivity index (χ4v) is 2.70. The minimum Gasteiger partial charge on any atom is -0.465 e. The van der Waals surface area contributed by atoms with Crippen LogP contribution >= 0.6 is 15.9 Å². The average molecular weight is 330 g/mol. The summed E-state index contributed by atoms with van der Waals surface area (Å²) < 4.78 is 4.72. The lowest BCUT2D eigenvalue weighted by Gasteiger charge is -2.14. The Bertz CT molecular complexity index is 496. The summed E-state index contributed by atoms with van der Waals surface area (Å²) in [6, 6.07) is 1.66. The molecule has 0 aliphatic rings. The summed E-state index contributed by atoms with van der Waals surface area (Å²) in [4.78, 5) is 26.3. The van der Waals surface area contributed by atoms with E-state index in [9.17, 15) is 9.59 Å². The minimum absolute atomic E-state index is 0.113. The van der Waals surface area contributed by atoms with Gasteiger partial charge >= 0.3 is 5.97 Å². The average Bonchev–Trinajstić information content (AvgIpc) is 2.40. The van der Waals surface area contributed by atoms with Gasteiger partial charge in [-0.3, -0.25) is 4.79 Å². The Hall–Kier alpha value is -1.10. The van der Waals surface area contributed by atoms with Crippen LogP contribution in [0.15, 0.2) is 10.9 Å². The first kappa shape index (κ1) is 16.0. The molecule has 0 saturated carbocycles. The number of rotatable bonds is 6. The number of halogens is 1.